The van der Waals surface area contributed by atoms with Crippen LogP contribution in [0.3, 0.4) is 0 Å². The van der Waals surface area contributed by atoms with Gasteiger partial charge in [0, 0.05) is 17.8 Å². The van der Waals surface area contributed by atoms with E-state index in [4.69, 9.17) is 0 Å². The van der Waals surface area contributed by atoms with Crippen molar-refractivity contribution in [2.24, 2.45) is 0 Å². The van der Waals surface area contributed by atoms with E-state index in [2.05, 4.69) is 9.72 Å². The molecular weight excluding hydrogens is 459 g/mol. The first-order valence-electron chi connectivity index (χ1n) is 11.0. The number of benzene rings is 3. The normalized spacial score (nSPS) is 13.5. The molecule has 0 saturated heterocycles. The van der Waals surface area contributed by atoms with Crippen molar-refractivity contribution in [3.8, 4) is 11.4 Å². The second kappa shape index (κ2) is 8.57. The third kappa shape index (κ3) is 4.37. The summed E-state index contributed by atoms with van der Waals surface area (Å²) in [7, 11) is 0. The van der Waals surface area contributed by atoms with Crippen molar-refractivity contribution in [2.45, 2.75) is 26.1 Å². The molecule has 1 aliphatic rings. The van der Waals surface area contributed by atoms with Crippen molar-refractivity contribution in [2.75, 3.05) is 11.4 Å². The lowest BCUT2D eigenvalue weighted by Crippen LogP contribution is -2.35. The first-order valence-corrected chi connectivity index (χ1v) is 11.0. The molecule has 6 nitrogen and oxygen atoms in total. The molecule has 0 saturated carbocycles. The summed E-state index contributed by atoms with van der Waals surface area (Å²) in [6.45, 7) is 2.19. The Bertz CT molecular complexity index is 1490. The van der Waals surface area contributed by atoms with Gasteiger partial charge < -0.3 is 9.64 Å². The predicted molar refractivity (Wildman–Crippen MR) is 125 cm³/mol. The van der Waals surface area contributed by atoms with Crippen molar-refractivity contribution < 1.29 is 22.7 Å². The van der Waals surface area contributed by atoms with E-state index in [0.29, 0.717) is 58.6 Å². The molecule has 35 heavy (non-hydrogen) atoms. The van der Waals surface area contributed by atoms with Crippen LogP contribution in [0.1, 0.15) is 28.2 Å². The third-order valence-electron chi connectivity index (χ3n) is 5.96. The lowest BCUT2D eigenvalue weighted by molar-refractivity contribution is -0.274. The second-order valence-corrected chi connectivity index (χ2v) is 8.26. The predicted octanol–water partition coefficient (Wildman–Crippen LogP) is 5.19. The fourth-order valence-corrected chi connectivity index (χ4v) is 4.44. The van der Waals surface area contributed by atoms with Gasteiger partial charge in [0.05, 0.1) is 16.6 Å². The van der Waals surface area contributed by atoms with Gasteiger partial charge in [-0.15, -0.1) is 13.2 Å². The monoisotopic (exact) mass is 479 g/mol. The van der Waals surface area contributed by atoms with E-state index in [1.807, 2.05) is 6.07 Å². The number of halogens is 3. The number of fused-ring (bicyclic) bond motifs is 2. The largest absolute Gasteiger partial charge is 0.573 e. The number of anilines is 1. The van der Waals surface area contributed by atoms with Crippen molar-refractivity contribution in [3.05, 3.63) is 94.0 Å². The summed E-state index contributed by atoms with van der Waals surface area (Å²) in [4.78, 5) is 32.4. The number of alkyl halides is 3. The molecule has 0 atom stereocenters. The van der Waals surface area contributed by atoms with Crippen molar-refractivity contribution >= 4 is 22.5 Å². The van der Waals surface area contributed by atoms with Gasteiger partial charge in [0.15, 0.2) is 0 Å². The molecule has 0 fully saturated rings. The molecule has 2 heterocycles. The minimum atomic E-state index is -4.78. The molecule has 0 bridgehead atoms. The van der Waals surface area contributed by atoms with E-state index in [0.717, 1.165) is 0 Å². The topological polar surface area (TPSA) is 64.4 Å². The number of amides is 1. The van der Waals surface area contributed by atoms with Crippen LogP contribution in [0.2, 0.25) is 0 Å². The molecule has 1 aliphatic heterocycles. The summed E-state index contributed by atoms with van der Waals surface area (Å²) in [5, 5.41) is 0.497. The summed E-state index contributed by atoms with van der Waals surface area (Å²) in [5.41, 5.74) is 2.57. The molecule has 178 valence electrons. The van der Waals surface area contributed by atoms with Crippen molar-refractivity contribution in [1.29, 1.82) is 0 Å². The number of carbonyl (C=O) groups is 1. The lowest BCUT2D eigenvalue weighted by Gasteiger charge is -2.30. The molecule has 5 rings (SSSR count). The number of hydrogen-bond donors (Lipinski definition) is 0. The van der Waals surface area contributed by atoms with E-state index < -0.39 is 6.36 Å². The van der Waals surface area contributed by atoms with Crippen LogP contribution in [0.15, 0.2) is 71.5 Å². The van der Waals surface area contributed by atoms with Crippen LogP contribution >= 0.6 is 0 Å². The van der Waals surface area contributed by atoms with Gasteiger partial charge >= 0.3 is 6.36 Å². The van der Waals surface area contributed by atoms with Crippen LogP contribution in [0.5, 0.6) is 5.75 Å². The highest BCUT2D eigenvalue weighted by molar-refractivity contribution is 6.06. The van der Waals surface area contributed by atoms with Gasteiger partial charge in [0.1, 0.15) is 11.6 Å². The summed E-state index contributed by atoms with van der Waals surface area (Å²) in [6.07, 6.45) is -3.62. The molecule has 1 aromatic heterocycles. The van der Waals surface area contributed by atoms with Crippen molar-refractivity contribution in [1.82, 2.24) is 9.55 Å². The van der Waals surface area contributed by atoms with E-state index in [-0.39, 0.29) is 17.2 Å². The minimum absolute atomic E-state index is 0.200. The average molecular weight is 479 g/mol. The summed E-state index contributed by atoms with van der Waals surface area (Å²) in [6, 6.07) is 17.8. The number of carbonyl (C=O) groups excluding carboxylic acids is 1. The Morgan fingerprint density at radius 1 is 1.03 bits per heavy atom. The van der Waals surface area contributed by atoms with Crippen LogP contribution in [-0.4, -0.2) is 28.4 Å². The highest BCUT2D eigenvalue weighted by atomic mass is 19.4. The van der Waals surface area contributed by atoms with E-state index in [9.17, 15) is 22.8 Å². The van der Waals surface area contributed by atoms with E-state index >= 15 is 0 Å². The number of hydrogen-bond acceptors (Lipinski definition) is 4. The molecule has 0 radical (unpaired) electrons. The summed E-state index contributed by atoms with van der Waals surface area (Å²) < 4.78 is 43.2. The third-order valence-corrected chi connectivity index (χ3v) is 5.96. The lowest BCUT2D eigenvalue weighted by atomic mass is 10.0. The van der Waals surface area contributed by atoms with Gasteiger partial charge in [0.25, 0.3) is 11.5 Å². The zero-order valence-electron chi connectivity index (χ0n) is 18.7. The summed E-state index contributed by atoms with van der Waals surface area (Å²) >= 11 is 0. The number of para-hydroxylation sites is 1. The molecule has 0 aliphatic carbocycles. The van der Waals surface area contributed by atoms with Crippen LogP contribution in [0, 0.1) is 6.92 Å². The van der Waals surface area contributed by atoms with E-state index in [1.54, 1.807) is 54.3 Å². The minimum Gasteiger partial charge on any atom is -0.406 e. The second-order valence-electron chi connectivity index (χ2n) is 8.26. The molecule has 3 aromatic carbocycles. The highest BCUT2D eigenvalue weighted by Crippen LogP contribution is 2.33. The Hall–Kier alpha value is -4.14. The van der Waals surface area contributed by atoms with Gasteiger partial charge in [-0.2, -0.15) is 0 Å². The summed E-state index contributed by atoms with van der Waals surface area (Å²) in [5.74, 6) is -0.0583. The van der Waals surface area contributed by atoms with Crippen LogP contribution in [0.25, 0.3) is 16.6 Å². The number of ether oxygens (including phenoxy) is 1. The molecule has 0 spiro atoms. The smallest absolute Gasteiger partial charge is 0.406 e. The Kier molecular flexibility index (Phi) is 5.55. The van der Waals surface area contributed by atoms with Gasteiger partial charge in [-0.3, -0.25) is 14.2 Å². The fraction of sp³-hybridized carbons (Fsp3) is 0.192. The van der Waals surface area contributed by atoms with Gasteiger partial charge in [-0.1, -0.05) is 12.1 Å². The molecule has 0 unspecified atom stereocenters. The maximum Gasteiger partial charge on any atom is 0.573 e. The number of rotatable bonds is 3. The van der Waals surface area contributed by atoms with Crippen LogP contribution < -0.4 is 15.2 Å². The van der Waals surface area contributed by atoms with E-state index in [1.165, 1.54) is 22.8 Å². The van der Waals surface area contributed by atoms with Crippen molar-refractivity contribution in [3.63, 3.8) is 0 Å². The quantitative estimate of drug-likeness (QED) is 0.406. The number of aromatic nitrogens is 2. The number of aryl methyl sites for hydroxylation is 2. The van der Waals surface area contributed by atoms with Gasteiger partial charge in [-0.25, -0.2) is 4.98 Å². The van der Waals surface area contributed by atoms with Crippen LogP contribution in [-0.2, 0) is 6.42 Å². The molecule has 4 aromatic rings. The first-order chi connectivity index (χ1) is 16.7. The number of nitrogens with zero attached hydrogens (tertiary/aromatic N) is 3. The zero-order valence-corrected chi connectivity index (χ0v) is 18.7. The molecular formula is C26H20F3N3O3. The Morgan fingerprint density at radius 2 is 1.77 bits per heavy atom. The van der Waals surface area contributed by atoms with Crippen LogP contribution in [0.4, 0.5) is 18.9 Å². The standard InChI is InChI=1S/C26H20F3N3O3/c1-16-30-22-7-3-2-6-21(22)25(34)32(16)19-10-8-17(9-11-19)24(33)31-14-4-5-18-15-20(12-13-23(18)31)35-26(27,28)29/h2-3,6-13,15H,4-5,14H2,1H3. The Labute approximate surface area is 198 Å². The Morgan fingerprint density at radius 3 is 2.51 bits per heavy atom. The molecule has 0 N–H and O–H groups in total. The SMILES string of the molecule is Cc1nc2ccccc2c(=O)n1-c1ccc(C(=O)N2CCCc3cc(OC(F)(F)F)ccc32)cc1. The highest BCUT2D eigenvalue weighted by Gasteiger charge is 2.32. The van der Waals surface area contributed by atoms with Gasteiger partial charge in [-0.05, 0) is 79.9 Å². The first kappa shape index (κ1) is 22.6. The average Bonchev–Trinajstić information content (AvgIpc) is 2.82. The van der Waals surface area contributed by atoms with Gasteiger partial charge in [0.2, 0.25) is 0 Å². The zero-order chi connectivity index (χ0) is 24.7. The molecule has 9 heteroatoms. The Balaban J connectivity index is 1.44. The maximum absolute atomic E-state index is 13.3. The maximum atomic E-state index is 13.3. The fourth-order valence-electron chi connectivity index (χ4n) is 4.44. The molecule has 1 amide bonds.